The SMILES string of the molecule is CCCCCS(=O)(=O)NC(=O)/C=C/c1ccc(OCC(=O)OCC)cc1Oc1ncc(C(F)(F)F)cc1Cl. The average molecular weight is 579 g/mol. The summed E-state index contributed by atoms with van der Waals surface area (Å²) < 4.78 is 80.6. The number of carbonyl (C=O) groups excluding carboxylic acids is 2. The smallest absolute Gasteiger partial charge is 0.417 e. The van der Waals surface area contributed by atoms with E-state index in [1.165, 1.54) is 24.3 Å². The first-order valence-electron chi connectivity index (χ1n) is 11.4. The number of rotatable bonds is 13. The van der Waals surface area contributed by atoms with Crippen molar-refractivity contribution in [2.24, 2.45) is 0 Å². The van der Waals surface area contributed by atoms with Crippen LogP contribution in [-0.4, -0.2) is 44.2 Å². The van der Waals surface area contributed by atoms with E-state index in [2.05, 4.69) is 4.98 Å². The van der Waals surface area contributed by atoms with Crippen LogP contribution in [0, 0.1) is 0 Å². The number of benzene rings is 1. The highest BCUT2D eigenvalue weighted by Crippen LogP contribution is 2.36. The standard InChI is InChI=1S/C24H26ClF3N2O7S/c1-3-5-6-11-38(33,34)30-21(31)10-8-16-7-9-18(36-15-22(32)35-4-2)13-20(16)37-23-19(25)12-17(14-29-23)24(26,27)28/h7-10,12-14H,3-6,11,15H2,1-2H3,(H,30,31)/b10-8+. The summed E-state index contributed by atoms with van der Waals surface area (Å²) in [6.07, 6.45) is -0.0716. The van der Waals surface area contributed by atoms with Crippen LogP contribution in [0.1, 0.15) is 44.2 Å². The number of aromatic nitrogens is 1. The predicted molar refractivity (Wildman–Crippen MR) is 133 cm³/mol. The topological polar surface area (TPSA) is 121 Å². The van der Waals surface area contributed by atoms with Crippen LogP contribution in [0.5, 0.6) is 17.4 Å². The van der Waals surface area contributed by atoms with Crippen molar-refractivity contribution in [3.63, 3.8) is 0 Å². The van der Waals surface area contributed by atoms with Crippen LogP contribution >= 0.6 is 11.6 Å². The Hall–Kier alpha value is -3.32. The van der Waals surface area contributed by atoms with Crippen molar-refractivity contribution < 1.29 is 45.4 Å². The maximum absolute atomic E-state index is 12.9. The molecule has 9 nitrogen and oxygen atoms in total. The number of amides is 1. The molecule has 1 amide bonds. The molecule has 0 saturated carbocycles. The molecule has 1 aromatic carbocycles. The summed E-state index contributed by atoms with van der Waals surface area (Å²) in [6, 6.07) is 4.76. The second kappa shape index (κ2) is 14.0. The van der Waals surface area contributed by atoms with Gasteiger partial charge in [0, 0.05) is 23.9 Å². The Labute approximate surface area is 223 Å². The number of sulfonamides is 1. The molecule has 1 aromatic heterocycles. The average Bonchev–Trinajstić information content (AvgIpc) is 2.82. The summed E-state index contributed by atoms with van der Waals surface area (Å²) in [4.78, 5) is 27.4. The number of hydrogen-bond acceptors (Lipinski definition) is 8. The molecule has 208 valence electrons. The lowest BCUT2D eigenvalue weighted by atomic mass is 10.1. The quantitative estimate of drug-likeness (QED) is 0.197. The molecule has 0 radical (unpaired) electrons. The van der Waals surface area contributed by atoms with Gasteiger partial charge in [0.15, 0.2) is 6.61 Å². The van der Waals surface area contributed by atoms with Crippen molar-refractivity contribution in [2.45, 2.75) is 39.3 Å². The van der Waals surface area contributed by atoms with E-state index in [4.69, 9.17) is 25.8 Å². The number of carbonyl (C=O) groups is 2. The van der Waals surface area contributed by atoms with Crippen LogP contribution in [-0.2, 0) is 30.5 Å². The van der Waals surface area contributed by atoms with Crippen molar-refractivity contribution in [3.8, 4) is 17.4 Å². The van der Waals surface area contributed by atoms with Gasteiger partial charge in [0.1, 0.15) is 16.5 Å². The van der Waals surface area contributed by atoms with Gasteiger partial charge in [0.2, 0.25) is 15.9 Å². The number of halogens is 4. The first-order chi connectivity index (χ1) is 17.8. The lowest BCUT2D eigenvalue weighted by molar-refractivity contribution is -0.145. The minimum Gasteiger partial charge on any atom is -0.482 e. The largest absolute Gasteiger partial charge is 0.482 e. The summed E-state index contributed by atoms with van der Waals surface area (Å²) in [5.41, 5.74) is -0.886. The third kappa shape index (κ3) is 10.2. The maximum Gasteiger partial charge on any atom is 0.417 e. The number of hydrogen-bond donors (Lipinski definition) is 1. The van der Waals surface area contributed by atoms with Crippen LogP contribution in [0.3, 0.4) is 0 Å². The van der Waals surface area contributed by atoms with Crippen LogP contribution < -0.4 is 14.2 Å². The van der Waals surface area contributed by atoms with E-state index in [0.29, 0.717) is 25.1 Å². The summed E-state index contributed by atoms with van der Waals surface area (Å²) >= 11 is 5.94. The van der Waals surface area contributed by atoms with Crippen molar-refractivity contribution in [1.82, 2.24) is 9.71 Å². The highest BCUT2D eigenvalue weighted by atomic mass is 35.5. The second-order valence-electron chi connectivity index (χ2n) is 7.73. The first-order valence-corrected chi connectivity index (χ1v) is 13.4. The van der Waals surface area contributed by atoms with Crippen molar-refractivity contribution >= 4 is 39.6 Å². The van der Waals surface area contributed by atoms with Crippen molar-refractivity contribution in [2.75, 3.05) is 19.0 Å². The summed E-state index contributed by atoms with van der Waals surface area (Å²) in [5, 5.41) is -0.441. The fourth-order valence-corrected chi connectivity index (χ4v) is 4.15. The van der Waals surface area contributed by atoms with Gasteiger partial charge >= 0.3 is 12.1 Å². The third-order valence-electron chi connectivity index (χ3n) is 4.68. The number of nitrogens with one attached hydrogen (secondary N) is 1. The molecule has 2 aromatic rings. The molecule has 1 N–H and O–H groups in total. The molecule has 0 unspecified atom stereocenters. The summed E-state index contributed by atoms with van der Waals surface area (Å²) in [7, 11) is -3.83. The molecule has 0 bridgehead atoms. The number of pyridine rings is 1. The minimum atomic E-state index is -4.67. The molecule has 0 spiro atoms. The first kappa shape index (κ1) is 30.9. The normalized spacial score (nSPS) is 11.8. The summed E-state index contributed by atoms with van der Waals surface area (Å²) in [6.45, 7) is 3.25. The maximum atomic E-state index is 12.9. The highest BCUT2D eigenvalue weighted by molar-refractivity contribution is 7.90. The Balaban J connectivity index is 2.30. The second-order valence-corrected chi connectivity index (χ2v) is 9.98. The fraction of sp³-hybridized carbons (Fsp3) is 0.375. The molecule has 0 aliphatic heterocycles. The lowest BCUT2D eigenvalue weighted by Gasteiger charge is -2.13. The molecule has 2 rings (SSSR count). The molecule has 14 heteroatoms. The summed E-state index contributed by atoms with van der Waals surface area (Å²) in [5.74, 6) is -2.07. The minimum absolute atomic E-state index is 0.0598. The van der Waals surface area contributed by atoms with Gasteiger partial charge in [-0.1, -0.05) is 31.4 Å². The predicted octanol–water partition coefficient (Wildman–Crippen LogP) is 5.14. The Morgan fingerprint density at radius 1 is 1.16 bits per heavy atom. The molecule has 0 saturated heterocycles. The van der Waals surface area contributed by atoms with E-state index < -0.39 is 45.3 Å². The Morgan fingerprint density at radius 2 is 1.89 bits per heavy atom. The highest BCUT2D eigenvalue weighted by Gasteiger charge is 2.32. The molecule has 1 heterocycles. The van der Waals surface area contributed by atoms with E-state index in [9.17, 15) is 31.2 Å². The van der Waals surface area contributed by atoms with Crippen molar-refractivity contribution in [1.29, 1.82) is 0 Å². The number of alkyl halides is 3. The lowest BCUT2D eigenvalue weighted by Crippen LogP contribution is -2.31. The molecule has 0 aliphatic rings. The number of nitrogens with zero attached hydrogens (tertiary/aromatic N) is 1. The number of ether oxygens (including phenoxy) is 3. The van der Waals surface area contributed by atoms with E-state index in [-0.39, 0.29) is 35.3 Å². The van der Waals surface area contributed by atoms with E-state index in [1.54, 1.807) is 6.92 Å². The van der Waals surface area contributed by atoms with Crippen LogP contribution in [0.15, 0.2) is 36.5 Å². The number of esters is 1. The molecular weight excluding hydrogens is 553 g/mol. The van der Waals surface area contributed by atoms with Gasteiger partial charge in [0.05, 0.1) is 17.9 Å². The van der Waals surface area contributed by atoms with Gasteiger partial charge in [-0.3, -0.25) is 4.79 Å². The third-order valence-corrected chi connectivity index (χ3v) is 6.28. The molecule has 0 atom stereocenters. The van der Waals surface area contributed by atoms with E-state index >= 15 is 0 Å². The van der Waals surface area contributed by atoms with E-state index in [1.807, 2.05) is 11.6 Å². The Kier molecular flexibility index (Phi) is 11.4. The molecule has 0 aliphatic carbocycles. The zero-order chi connectivity index (χ0) is 28.3. The van der Waals surface area contributed by atoms with Crippen LogP contribution in [0.4, 0.5) is 13.2 Å². The van der Waals surface area contributed by atoms with Gasteiger partial charge in [-0.15, -0.1) is 0 Å². The zero-order valence-electron chi connectivity index (χ0n) is 20.5. The number of unbranched alkanes of at least 4 members (excludes halogenated alkanes) is 2. The van der Waals surface area contributed by atoms with Gasteiger partial charge in [0.25, 0.3) is 5.91 Å². The Bertz CT molecular complexity index is 1270. The van der Waals surface area contributed by atoms with Gasteiger partial charge in [-0.2, -0.15) is 13.2 Å². The molecular formula is C24H26ClF3N2O7S. The monoisotopic (exact) mass is 578 g/mol. The fourth-order valence-electron chi connectivity index (χ4n) is 2.88. The van der Waals surface area contributed by atoms with Gasteiger partial charge in [-0.05, 0) is 37.6 Å². The van der Waals surface area contributed by atoms with Crippen LogP contribution in [0.25, 0.3) is 6.08 Å². The molecule has 38 heavy (non-hydrogen) atoms. The van der Waals surface area contributed by atoms with Crippen molar-refractivity contribution in [3.05, 3.63) is 52.7 Å². The Morgan fingerprint density at radius 3 is 2.53 bits per heavy atom. The van der Waals surface area contributed by atoms with Gasteiger partial charge in [-0.25, -0.2) is 22.9 Å². The van der Waals surface area contributed by atoms with Crippen LogP contribution in [0.2, 0.25) is 5.02 Å². The van der Waals surface area contributed by atoms with Gasteiger partial charge < -0.3 is 14.2 Å². The van der Waals surface area contributed by atoms with E-state index in [0.717, 1.165) is 12.5 Å². The zero-order valence-corrected chi connectivity index (χ0v) is 22.1. The molecule has 0 fully saturated rings.